The number of morpholine rings is 1. The zero-order chi connectivity index (χ0) is 14.7. The second kappa shape index (κ2) is 6.70. The zero-order valence-electron chi connectivity index (χ0n) is 13.1. The van der Waals surface area contributed by atoms with Crippen molar-refractivity contribution in [1.82, 2.24) is 4.90 Å². The van der Waals surface area contributed by atoms with E-state index in [1.807, 2.05) is 0 Å². The van der Waals surface area contributed by atoms with E-state index in [0.29, 0.717) is 12.6 Å². The van der Waals surface area contributed by atoms with Crippen LogP contribution >= 0.6 is 0 Å². The predicted octanol–water partition coefficient (Wildman–Crippen LogP) is 2.84. The summed E-state index contributed by atoms with van der Waals surface area (Å²) in [5, 5.41) is 10.5. The molecule has 1 N–H and O–H groups in total. The van der Waals surface area contributed by atoms with Crippen molar-refractivity contribution < 1.29 is 9.84 Å². The molecule has 1 aromatic carbocycles. The molecule has 1 aliphatic heterocycles. The van der Waals surface area contributed by atoms with E-state index in [-0.39, 0.29) is 6.10 Å². The van der Waals surface area contributed by atoms with E-state index < -0.39 is 6.10 Å². The lowest BCUT2D eigenvalue weighted by atomic mass is 10.0. The van der Waals surface area contributed by atoms with Crippen LogP contribution in [0.3, 0.4) is 0 Å². The number of ether oxygens (including phenoxy) is 1. The van der Waals surface area contributed by atoms with Gasteiger partial charge >= 0.3 is 0 Å². The van der Waals surface area contributed by atoms with E-state index in [1.165, 1.54) is 11.1 Å². The van der Waals surface area contributed by atoms with Crippen LogP contribution in [-0.2, 0) is 4.74 Å². The van der Waals surface area contributed by atoms with Gasteiger partial charge < -0.3 is 9.84 Å². The minimum atomic E-state index is -0.423. The number of β-amino-alcohol motifs (C(OH)–C–C–N with tert-alkyl or cyclic N) is 1. The quantitative estimate of drug-likeness (QED) is 0.918. The van der Waals surface area contributed by atoms with E-state index in [4.69, 9.17) is 4.74 Å². The van der Waals surface area contributed by atoms with Crippen molar-refractivity contribution in [2.75, 3.05) is 19.7 Å². The molecule has 0 aromatic heterocycles. The van der Waals surface area contributed by atoms with Crippen LogP contribution in [0.2, 0.25) is 0 Å². The molecule has 20 heavy (non-hydrogen) atoms. The second-order valence-electron chi connectivity index (χ2n) is 6.10. The summed E-state index contributed by atoms with van der Waals surface area (Å²) < 4.78 is 5.71. The lowest BCUT2D eigenvalue weighted by molar-refractivity contribution is -0.0681. The third-order valence-corrected chi connectivity index (χ3v) is 4.09. The van der Waals surface area contributed by atoms with Crippen LogP contribution in [0.25, 0.3) is 0 Å². The largest absolute Gasteiger partial charge is 0.387 e. The molecular weight excluding hydrogens is 250 g/mol. The standard InChI is InChI=1S/C17H27NO2/c1-5-16-11-20-14(4)9-18(16)10-17(19)15-7-12(2)6-13(3)8-15/h6-8,14,16-17,19H,5,9-11H2,1-4H3. The minimum Gasteiger partial charge on any atom is -0.387 e. The first kappa shape index (κ1) is 15.5. The van der Waals surface area contributed by atoms with Gasteiger partial charge in [0, 0.05) is 19.1 Å². The highest BCUT2D eigenvalue weighted by molar-refractivity contribution is 5.30. The zero-order valence-corrected chi connectivity index (χ0v) is 13.1. The number of benzene rings is 1. The summed E-state index contributed by atoms with van der Waals surface area (Å²) in [6, 6.07) is 6.74. The molecule has 3 heteroatoms. The van der Waals surface area contributed by atoms with Gasteiger partial charge in [0.1, 0.15) is 0 Å². The molecule has 0 bridgehead atoms. The Bertz CT molecular complexity index is 426. The average Bonchev–Trinajstić information content (AvgIpc) is 2.37. The summed E-state index contributed by atoms with van der Waals surface area (Å²) in [5.41, 5.74) is 3.44. The summed E-state index contributed by atoms with van der Waals surface area (Å²) >= 11 is 0. The van der Waals surface area contributed by atoms with Gasteiger partial charge in [0.25, 0.3) is 0 Å². The first-order chi connectivity index (χ1) is 9.49. The van der Waals surface area contributed by atoms with Crippen molar-refractivity contribution in [3.63, 3.8) is 0 Å². The molecule has 3 atom stereocenters. The van der Waals surface area contributed by atoms with Crippen molar-refractivity contribution in [1.29, 1.82) is 0 Å². The third kappa shape index (κ3) is 3.81. The van der Waals surface area contributed by atoms with Gasteiger partial charge in [-0.25, -0.2) is 0 Å². The highest BCUT2D eigenvalue weighted by atomic mass is 16.5. The molecule has 1 heterocycles. The Balaban J connectivity index is 2.07. The van der Waals surface area contributed by atoms with Crippen LogP contribution in [0.5, 0.6) is 0 Å². The van der Waals surface area contributed by atoms with Gasteiger partial charge in [-0.1, -0.05) is 36.2 Å². The lowest BCUT2D eigenvalue weighted by Crippen LogP contribution is -2.49. The molecule has 2 rings (SSSR count). The number of hydrogen-bond donors (Lipinski definition) is 1. The minimum absolute atomic E-state index is 0.254. The predicted molar refractivity (Wildman–Crippen MR) is 81.9 cm³/mol. The molecule has 1 fully saturated rings. The van der Waals surface area contributed by atoms with Gasteiger partial charge in [0.05, 0.1) is 18.8 Å². The number of aryl methyl sites for hydroxylation is 2. The van der Waals surface area contributed by atoms with Crippen molar-refractivity contribution in [3.8, 4) is 0 Å². The van der Waals surface area contributed by atoms with Crippen molar-refractivity contribution in [2.24, 2.45) is 0 Å². The summed E-state index contributed by atoms with van der Waals surface area (Å²) in [7, 11) is 0. The molecule has 0 radical (unpaired) electrons. The van der Waals surface area contributed by atoms with Gasteiger partial charge in [-0.15, -0.1) is 0 Å². The van der Waals surface area contributed by atoms with Crippen molar-refractivity contribution in [3.05, 3.63) is 34.9 Å². The fourth-order valence-electron chi connectivity index (χ4n) is 3.04. The number of aliphatic hydroxyl groups is 1. The van der Waals surface area contributed by atoms with Crippen LogP contribution < -0.4 is 0 Å². The van der Waals surface area contributed by atoms with Gasteiger partial charge in [-0.3, -0.25) is 4.90 Å². The van der Waals surface area contributed by atoms with Gasteiger partial charge in [0.15, 0.2) is 0 Å². The molecule has 0 aliphatic carbocycles. The van der Waals surface area contributed by atoms with Crippen LogP contribution in [0.4, 0.5) is 0 Å². The molecule has 1 aliphatic rings. The maximum atomic E-state index is 10.5. The van der Waals surface area contributed by atoms with Crippen LogP contribution in [0, 0.1) is 13.8 Å². The summed E-state index contributed by atoms with van der Waals surface area (Å²) in [6.07, 6.45) is 0.893. The number of aliphatic hydroxyl groups excluding tert-OH is 1. The highest BCUT2D eigenvalue weighted by Gasteiger charge is 2.27. The van der Waals surface area contributed by atoms with E-state index in [0.717, 1.165) is 25.1 Å². The molecule has 0 spiro atoms. The van der Waals surface area contributed by atoms with Crippen LogP contribution in [0.15, 0.2) is 18.2 Å². The molecule has 1 saturated heterocycles. The Kier molecular flexibility index (Phi) is 5.19. The molecule has 0 amide bonds. The highest BCUT2D eigenvalue weighted by Crippen LogP contribution is 2.22. The van der Waals surface area contributed by atoms with Crippen molar-refractivity contribution in [2.45, 2.75) is 52.4 Å². The number of nitrogens with zero attached hydrogens (tertiary/aromatic N) is 1. The molecular formula is C17H27NO2. The lowest BCUT2D eigenvalue weighted by Gasteiger charge is -2.39. The Labute approximate surface area is 122 Å². The summed E-state index contributed by atoms with van der Waals surface area (Å²) in [4.78, 5) is 2.37. The SMILES string of the molecule is CCC1COC(C)CN1CC(O)c1cc(C)cc(C)c1. The van der Waals surface area contributed by atoms with E-state index in [1.54, 1.807) is 0 Å². The average molecular weight is 277 g/mol. The monoisotopic (exact) mass is 277 g/mol. The summed E-state index contributed by atoms with van der Waals surface area (Å²) in [5.74, 6) is 0. The molecule has 3 nitrogen and oxygen atoms in total. The van der Waals surface area contributed by atoms with Gasteiger partial charge in [-0.05, 0) is 32.8 Å². The van der Waals surface area contributed by atoms with E-state index in [2.05, 4.69) is 50.8 Å². The Morgan fingerprint density at radius 2 is 1.95 bits per heavy atom. The Morgan fingerprint density at radius 3 is 2.55 bits per heavy atom. The smallest absolute Gasteiger partial charge is 0.0917 e. The van der Waals surface area contributed by atoms with Crippen LogP contribution in [0.1, 0.15) is 43.1 Å². The number of hydrogen-bond acceptors (Lipinski definition) is 3. The van der Waals surface area contributed by atoms with Gasteiger partial charge in [0.2, 0.25) is 0 Å². The van der Waals surface area contributed by atoms with Crippen molar-refractivity contribution >= 4 is 0 Å². The molecule has 0 saturated carbocycles. The normalized spacial score (nSPS) is 25.6. The maximum Gasteiger partial charge on any atom is 0.0917 e. The molecule has 1 aromatic rings. The van der Waals surface area contributed by atoms with E-state index >= 15 is 0 Å². The van der Waals surface area contributed by atoms with Crippen LogP contribution in [-0.4, -0.2) is 41.8 Å². The molecule has 3 unspecified atom stereocenters. The first-order valence-electron chi connectivity index (χ1n) is 7.61. The second-order valence-corrected chi connectivity index (χ2v) is 6.10. The topological polar surface area (TPSA) is 32.7 Å². The van der Waals surface area contributed by atoms with E-state index in [9.17, 15) is 5.11 Å². The Morgan fingerprint density at radius 1 is 1.30 bits per heavy atom. The first-order valence-corrected chi connectivity index (χ1v) is 7.61. The maximum absolute atomic E-state index is 10.5. The molecule has 112 valence electrons. The third-order valence-electron chi connectivity index (χ3n) is 4.09. The fourth-order valence-corrected chi connectivity index (χ4v) is 3.04. The van der Waals surface area contributed by atoms with Gasteiger partial charge in [-0.2, -0.15) is 0 Å². The fraction of sp³-hybridized carbons (Fsp3) is 0.647. The summed E-state index contributed by atoms with van der Waals surface area (Å²) in [6.45, 7) is 10.8. The number of rotatable bonds is 4. The Hall–Kier alpha value is -0.900.